The van der Waals surface area contributed by atoms with E-state index >= 15 is 0 Å². The van der Waals surface area contributed by atoms with E-state index in [-0.39, 0.29) is 12.3 Å². The Hall–Kier alpha value is -2.14. The largest absolute Gasteiger partial charge is 0.305 e. The zero-order chi connectivity index (χ0) is 21.1. The Morgan fingerprint density at radius 1 is 1.07 bits per heavy atom. The molecule has 150 valence electrons. The number of hydrogen-bond donors (Lipinski definition) is 1. The minimum Gasteiger partial charge on any atom is -0.305 e. The summed E-state index contributed by atoms with van der Waals surface area (Å²) < 4.78 is 1.55. The average molecular weight is 449 g/mol. The normalized spacial score (nSPS) is 10.9. The molecule has 0 saturated carbocycles. The maximum Gasteiger partial charge on any atom is 0.168 e. The number of carbonyl (C=O) groups excluding carboxylic acids is 1. The van der Waals surface area contributed by atoms with E-state index < -0.39 is 0 Å². The van der Waals surface area contributed by atoms with Gasteiger partial charge in [0.15, 0.2) is 5.78 Å². The van der Waals surface area contributed by atoms with Gasteiger partial charge in [-0.05, 0) is 43.5 Å². The van der Waals surface area contributed by atoms with Crippen molar-refractivity contribution in [2.45, 2.75) is 33.2 Å². The Bertz CT molecular complexity index is 1050. The number of rotatable bonds is 7. The summed E-state index contributed by atoms with van der Waals surface area (Å²) >= 11 is 19.0. The number of ketones is 1. The number of nitrogens with zero attached hydrogens (tertiary/aromatic N) is 2. The quantitative estimate of drug-likeness (QED) is 0.335. The fourth-order valence-electron chi connectivity index (χ4n) is 3.11. The van der Waals surface area contributed by atoms with Crippen molar-refractivity contribution in [3.8, 4) is 0 Å². The molecule has 1 N–H and O–H groups in total. The highest BCUT2D eigenvalue weighted by Gasteiger charge is 2.21. The predicted molar refractivity (Wildman–Crippen MR) is 119 cm³/mol. The van der Waals surface area contributed by atoms with E-state index in [1.807, 2.05) is 24.3 Å². The van der Waals surface area contributed by atoms with Crippen molar-refractivity contribution in [3.05, 3.63) is 85.6 Å². The van der Waals surface area contributed by atoms with Crippen molar-refractivity contribution in [2.24, 2.45) is 0 Å². The molecular formula is C22H20Cl3N3O. The number of nitrogens with one attached hydrogen (secondary N) is 1. The first-order valence-electron chi connectivity index (χ1n) is 9.11. The van der Waals surface area contributed by atoms with Crippen LogP contribution in [0.5, 0.6) is 0 Å². The molecule has 0 spiro atoms. The smallest absolute Gasteiger partial charge is 0.168 e. The van der Waals surface area contributed by atoms with Crippen LogP contribution in [-0.4, -0.2) is 21.3 Å². The molecule has 0 saturated heterocycles. The summed E-state index contributed by atoms with van der Waals surface area (Å²) in [6.07, 6.45) is 0.912. The number of hydrogen-bond acceptors (Lipinski definition) is 3. The molecule has 0 aliphatic carbocycles. The molecule has 0 radical (unpaired) electrons. The van der Waals surface area contributed by atoms with Crippen LogP contribution in [0.3, 0.4) is 0 Å². The lowest BCUT2D eigenvalue weighted by Crippen LogP contribution is -2.05. The molecule has 7 heteroatoms. The number of aryl methyl sites for hydroxylation is 2. The van der Waals surface area contributed by atoms with Gasteiger partial charge in [0.05, 0.1) is 17.8 Å². The Labute approximate surface area is 184 Å². The van der Waals surface area contributed by atoms with Gasteiger partial charge in [0.25, 0.3) is 0 Å². The maximum absolute atomic E-state index is 12.8. The van der Waals surface area contributed by atoms with Gasteiger partial charge in [-0.25, -0.2) is 4.68 Å². The van der Waals surface area contributed by atoms with Gasteiger partial charge in [0.1, 0.15) is 5.15 Å². The number of benzene rings is 2. The molecule has 3 rings (SSSR count). The van der Waals surface area contributed by atoms with Crippen LogP contribution in [0, 0.1) is 12.3 Å². The molecule has 0 amide bonds. The molecule has 0 unspecified atom stereocenters. The summed E-state index contributed by atoms with van der Waals surface area (Å²) in [5, 5.41) is 13.4. The fraction of sp³-hybridized carbons (Fsp3) is 0.227. The summed E-state index contributed by atoms with van der Waals surface area (Å²) in [4.78, 5) is 12.8. The van der Waals surface area contributed by atoms with Crippen molar-refractivity contribution < 1.29 is 4.79 Å². The van der Waals surface area contributed by atoms with E-state index in [4.69, 9.17) is 40.2 Å². The lowest BCUT2D eigenvalue weighted by molar-refractivity contribution is 0.0982. The van der Waals surface area contributed by atoms with E-state index in [1.165, 1.54) is 0 Å². The van der Waals surface area contributed by atoms with Crippen LogP contribution in [0.2, 0.25) is 15.2 Å². The molecule has 0 bridgehead atoms. The van der Waals surface area contributed by atoms with Crippen LogP contribution in [0.1, 0.15) is 46.1 Å². The molecule has 0 atom stereocenters. The van der Waals surface area contributed by atoms with Crippen LogP contribution >= 0.6 is 34.8 Å². The molecule has 0 aliphatic rings. The minimum absolute atomic E-state index is 0.0590. The summed E-state index contributed by atoms with van der Waals surface area (Å²) in [5.41, 5.74) is 4.15. The number of aromatic nitrogens is 2. The van der Waals surface area contributed by atoms with Crippen LogP contribution in [0.4, 0.5) is 0 Å². The second-order valence-electron chi connectivity index (χ2n) is 6.85. The van der Waals surface area contributed by atoms with E-state index in [2.05, 4.69) is 5.10 Å². The molecule has 1 aromatic heterocycles. The van der Waals surface area contributed by atoms with Crippen molar-refractivity contribution in [3.63, 3.8) is 0 Å². The third kappa shape index (κ3) is 4.89. The Morgan fingerprint density at radius 2 is 1.69 bits per heavy atom. The highest BCUT2D eigenvalue weighted by atomic mass is 35.5. The molecule has 0 fully saturated rings. The van der Waals surface area contributed by atoms with Gasteiger partial charge in [-0.3, -0.25) is 4.79 Å². The van der Waals surface area contributed by atoms with E-state index in [0.717, 1.165) is 11.1 Å². The molecule has 0 aliphatic heterocycles. The highest BCUT2D eigenvalue weighted by Crippen LogP contribution is 2.28. The SMILES string of the molecule is CC(=N)c1ccc(CCC(=O)c2c(C)nn(Cc3c(Cl)cccc3Cl)c2Cl)cc1. The van der Waals surface area contributed by atoms with Gasteiger partial charge < -0.3 is 5.41 Å². The van der Waals surface area contributed by atoms with Gasteiger partial charge in [-0.15, -0.1) is 0 Å². The molecule has 3 aromatic rings. The predicted octanol–water partition coefficient (Wildman–Crippen LogP) is 6.40. The minimum atomic E-state index is -0.0590. The molecule has 2 aromatic carbocycles. The standard InChI is InChI=1S/C22H20Cl3N3O/c1-13(26)16-9-6-15(7-10-16)8-11-20(29)21-14(2)27-28(22(21)25)12-17-18(23)4-3-5-19(17)24/h3-7,9-10,26H,8,11-12H2,1-2H3. The number of carbonyl (C=O) groups is 1. The number of Topliss-reactive ketones (excluding diaryl/α,β-unsaturated/α-hetero) is 1. The summed E-state index contributed by atoms with van der Waals surface area (Å²) in [5.74, 6) is -0.0590. The van der Waals surface area contributed by atoms with E-state index in [0.29, 0.717) is 50.6 Å². The molecule has 4 nitrogen and oxygen atoms in total. The van der Waals surface area contributed by atoms with Crippen molar-refractivity contribution in [1.29, 1.82) is 5.41 Å². The fourth-order valence-corrected chi connectivity index (χ4v) is 3.97. The Morgan fingerprint density at radius 3 is 2.28 bits per heavy atom. The van der Waals surface area contributed by atoms with Gasteiger partial charge >= 0.3 is 0 Å². The topological polar surface area (TPSA) is 58.7 Å². The summed E-state index contributed by atoms with van der Waals surface area (Å²) in [6, 6.07) is 13.0. The lowest BCUT2D eigenvalue weighted by atomic mass is 10.0. The Balaban J connectivity index is 1.75. The second kappa shape index (κ2) is 9.12. The number of halogens is 3. The third-order valence-electron chi connectivity index (χ3n) is 4.74. The summed E-state index contributed by atoms with van der Waals surface area (Å²) in [6.45, 7) is 3.80. The van der Waals surface area contributed by atoms with Gasteiger partial charge in [0, 0.05) is 27.7 Å². The van der Waals surface area contributed by atoms with Crippen LogP contribution in [-0.2, 0) is 13.0 Å². The second-order valence-corrected chi connectivity index (χ2v) is 8.03. The molecule has 29 heavy (non-hydrogen) atoms. The maximum atomic E-state index is 12.8. The first-order chi connectivity index (χ1) is 13.8. The van der Waals surface area contributed by atoms with Crippen LogP contribution in [0.25, 0.3) is 0 Å². The van der Waals surface area contributed by atoms with E-state index in [9.17, 15) is 4.79 Å². The summed E-state index contributed by atoms with van der Waals surface area (Å²) in [7, 11) is 0. The zero-order valence-electron chi connectivity index (χ0n) is 16.1. The third-order valence-corrected chi connectivity index (χ3v) is 5.83. The Kier molecular flexibility index (Phi) is 6.78. The lowest BCUT2D eigenvalue weighted by Gasteiger charge is -2.08. The van der Waals surface area contributed by atoms with Gasteiger partial charge in [0.2, 0.25) is 0 Å². The van der Waals surface area contributed by atoms with Crippen molar-refractivity contribution >= 4 is 46.3 Å². The highest BCUT2D eigenvalue weighted by molar-refractivity contribution is 6.36. The van der Waals surface area contributed by atoms with Crippen molar-refractivity contribution in [1.82, 2.24) is 9.78 Å². The van der Waals surface area contributed by atoms with Gasteiger partial charge in [-0.1, -0.05) is 65.1 Å². The first-order valence-corrected chi connectivity index (χ1v) is 10.2. The average Bonchev–Trinajstić information content (AvgIpc) is 2.96. The monoisotopic (exact) mass is 447 g/mol. The van der Waals surface area contributed by atoms with Gasteiger partial charge in [-0.2, -0.15) is 5.10 Å². The van der Waals surface area contributed by atoms with Crippen LogP contribution < -0.4 is 0 Å². The van der Waals surface area contributed by atoms with Crippen LogP contribution in [0.15, 0.2) is 42.5 Å². The van der Waals surface area contributed by atoms with Crippen molar-refractivity contribution in [2.75, 3.05) is 0 Å². The molecule has 1 heterocycles. The molecular weight excluding hydrogens is 429 g/mol. The van der Waals surface area contributed by atoms with E-state index in [1.54, 1.807) is 36.7 Å². The zero-order valence-corrected chi connectivity index (χ0v) is 18.4. The first kappa shape index (κ1) is 21.6.